The predicted octanol–water partition coefficient (Wildman–Crippen LogP) is 4.63. The molecule has 33 heavy (non-hydrogen) atoms. The van der Waals surface area contributed by atoms with Gasteiger partial charge in [0, 0.05) is 36.0 Å². The van der Waals surface area contributed by atoms with Crippen molar-refractivity contribution in [2.75, 3.05) is 17.7 Å². The first-order chi connectivity index (χ1) is 15.8. The lowest BCUT2D eigenvalue weighted by atomic mass is 10.0. The number of benzene rings is 3. The summed E-state index contributed by atoms with van der Waals surface area (Å²) in [5.74, 6) is 0.379. The first-order valence-corrected chi connectivity index (χ1v) is 10.0. The van der Waals surface area contributed by atoms with E-state index in [9.17, 15) is 19.7 Å². The van der Waals surface area contributed by atoms with Crippen molar-refractivity contribution in [2.24, 2.45) is 0 Å². The fourth-order valence-electron chi connectivity index (χ4n) is 3.06. The highest BCUT2D eigenvalue weighted by atomic mass is 16.6. The number of anilines is 2. The van der Waals surface area contributed by atoms with Crippen LogP contribution in [-0.4, -0.2) is 30.0 Å². The number of nitro benzene ring substituents is 1. The number of methoxy groups -OCH3 is 1. The third kappa shape index (κ3) is 6.07. The third-order valence-corrected chi connectivity index (χ3v) is 4.72. The SMILES string of the molecule is COc1ccc(-c2cc([N+](=O)[O-])ccc2O[C@@H](C)C(=O)Nc2ccc(NC(C)=O)cc2)cc1. The predicted molar refractivity (Wildman–Crippen MR) is 125 cm³/mol. The van der Waals surface area contributed by atoms with Crippen molar-refractivity contribution in [2.45, 2.75) is 20.0 Å². The Kier molecular flexibility index (Phi) is 7.24. The number of ether oxygens (including phenoxy) is 2. The molecule has 0 spiro atoms. The second kappa shape index (κ2) is 10.3. The van der Waals surface area contributed by atoms with E-state index in [1.165, 1.54) is 25.1 Å². The van der Waals surface area contributed by atoms with E-state index >= 15 is 0 Å². The molecule has 0 bridgehead atoms. The summed E-state index contributed by atoms with van der Waals surface area (Å²) in [7, 11) is 1.55. The van der Waals surface area contributed by atoms with Crippen LogP contribution in [0.3, 0.4) is 0 Å². The van der Waals surface area contributed by atoms with Crippen LogP contribution in [0.25, 0.3) is 11.1 Å². The topological polar surface area (TPSA) is 120 Å². The number of amides is 2. The first-order valence-electron chi connectivity index (χ1n) is 10.0. The fraction of sp³-hybridized carbons (Fsp3) is 0.167. The van der Waals surface area contributed by atoms with Crippen LogP contribution in [0, 0.1) is 10.1 Å². The summed E-state index contributed by atoms with van der Waals surface area (Å²) in [5.41, 5.74) is 2.20. The molecule has 2 N–H and O–H groups in total. The molecule has 0 radical (unpaired) electrons. The molecule has 9 heteroatoms. The quantitative estimate of drug-likeness (QED) is 0.382. The molecule has 0 aliphatic heterocycles. The molecule has 0 fully saturated rings. The maximum atomic E-state index is 12.7. The van der Waals surface area contributed by atoms with Crippen molar-refractivity contribution in [1.29, 1.82) is 0 Å². The summed E-state index contributed by atoms with van der Waals surface area (Å²) in [5, 5.41) is 16.7. The third-order valence-electron chi connectivity index (χ3n) is 4.72. The van der Waals surface area contributed by atoms with Crippen molar-refractivity contribution in [3.63, 3.8) is 0 Å². The Bertz CT molecular complexity index is 1160. The van der Waals surface area contributed by atoms with Crippen molar-refractivity contribution in [3.8, 4) is 22.6 Å². The van der Waals surface area contributed by atoms with Gasteiger partial charge in [0.05, 0.1) is 12.0 Å². The van der Waals surface area contributed by atoms with Gasteiger partial charge in [0.25, 0.3) is 11.6 Å². The zero-order valence-electron chi connectivity index (χ0n) is 18.3. The van der Waals surface area contributed by atoms with Gasteiger partial charge in [-0.2, -0.15) is 0 Å². The highest BCUT2D eigenvalue weighted by Gasteiger charge is 2.20. The molecule has 0 unspecified atom stereocenters. The molecule has 0 aliphatic rings. The minimum atomic E-state index is -0.890. The maximum absolute atomic E-state index is 12.7. The molecule has 0 saturated heterocycles. The lowest BCUT2D eigenvalue weighted by Crippen LogP contribution is -2.30. The van der Waals surface area contributed by atoms with Gasteiger partial charge in [-0.1, -0.05) is 12.1 Å². The molecule has 1 atom stereocenters. The molecule has 170 valence electrons. The van der Waals surface area contributed by atoms with Crippen LogP contribution in [0.15, 0.2) is 66.7 Å². The Balaban J connectivity index is 1.78. The Morgan fingerprint density at radius 2 is 1.55 bits per heavy atom. The van der Waals surface area contributed by atoms with Gasteiger partial charge >= 0.3 is 0 Å². The molecule has 0 saturated carbocycles. The van der Waals surface area contributed by atoms with Gasteiger partial charge in [0.1, 0.15) is 11.5 Å². The number of non-ortho nitro benzene ring substituents is 1. The highest BCUT2D eigenvalue weighted by Crippen LogP contribution is 2.35. The Morgan fingerprint density at radius 3 is 2.09 bits per heavy atom. The Hall–Kier alpha value is -4.40. The lowest BCUT2D eigenvalue weighted by Gasteiger charge is -2.18. The van der Waals surface area contributed by atoms with Crippen LogP contribution in [0.1, 0.15) is 13.8 Å². The van der Waals surface area contributed by atoms with Crippen LogP contribution in [-0.2, 0) is 9.59 Å². The standard InChI is InChI=1S/C24H23N3O6/c1-15(24(29)26-19-8-6-18(7-9-19)25-16(2)28)33-23-13-10-20(27(30)31)14-22(23)17-4-11-21(32-3)12-5-17/h4-15H,1-3H3,(H,25,28)(H,26,29)/t15-/m0/s1. The van der Waals surface area contributed by atoms with Crippen molar-refractivity contribution < 1.29 is 24.0 Å². The number of nitrogens with one attached hydrogen (secondary N) is 2. The van der Waals surface area contributed by atoms with Gasteiger partial charge in [0.15, 0.2) is 6.10 Å². The van der Waals surface area contributed by atoms with Crippen molar-refractivity contribution in [3.05, 3.63) is 76.8 Å². The van der Waals surface area contributed by atoms with Crippen LogP contribution >= 0.6 is 0 Å². The molecule has 0 heterocycles. The maximum Gasteiger partial charge on any atom is 0.270 e. The fourth-order valence-corrected chi connectivity index (χ4v) is 3.06. The molecule has 3 rings (SSSR count). The summed E-state index contributed by atoms with van der Waals surface area (Å²) in [6, 6.07) is 17.8. The largest absolute Gasteiger partial charge is 0.497 e. The van der Waals surface area contributed by atoms with E-state index in [0.717, 1.165) is 0 Å². The van der Waals surface area contributed by atoms with Crippen LogP contribution < -0.4 is 20.1 Å². The van der Waals surface area contributed by atoms with E-state index in [1.54, 1.807) is 62.6 Å². The Morgan fingerprint density at radius 1 is 0.939 bits per heavy atom. The van der Waals surface area contributed by atoms with E-state index in [4.69, 9.17) is 9.47 Å². The second-order valence-corrected chi connectivity index (χ2v) is 7.17. The average molecular weight is 449 g/mol. The zero-order chi connectivity index (χ0) is 24.0. The summed E-state index contributed by atoms with van der Waals surface area (Å²) >= 11 is 0. The number of nitrogens with zero attached hydrogens (tertiary/aromatic N) is 1. The molecule has 2 amide bonds. The normalized spacial score (nSPS) is 11.2. The van der Waals surface area contributed by atoms with E-state index in [1.807, 2.05) is 0 Å². The number of nitro groups is 1. The van der Waals surface area contributed by atoms with E-state index in [2.05, 4.69) is 10.6 Å². The monoisotopic (exact) mass is 449 g/mol. The summed E-state index contributed by atoms with van der Waals surface area (Å²) < 4.78 is 11.0. The molecule has 9 nitrogen and oxygen atoms in total. The van der Waals surface area contributed by atoms with Gasteiger partial charge in [-0.15, -0.1) is 0 Å². The molecule has 0 aliphatic carbocycles. The lowest BCUT2D eigenvalue weighted by molar-refractivity contribution is -0.384. The van der Waals surface area contributed by atoms with Crippen LogP contribution in [0.4, 0.5) is 17.1 Å². The van der Waals surface area contributed by atoms with Crippen molar-refractivity contribution in [1.82, 2.24) is 0 Å². The summed E-state index contributed by atoms with van der Waals surface area (Å²) in [4.78, 5) is 34.6. The summed E-state index contributed by atoms with van der Waals surface area (Å²) in [6.07, 6.45) is -0.890. The Labute approximate surface area is 190 Å². The number of hydrogen-bond acceptors (Lipinski definition) is 6. The number of carbonyl (C=O) groups excluding carboxylic acids is 2. The number of hydrogen-bond donors (Lipinski definition) is 2. The van der Waals surface area contributed by atoms with Gasteiger partial charge in [0.2, 0.25) is 5.91 Å². The average Bonchev–Trinajstić information content (AvgIpc) is 2.80. The minimum absolute atomic E-state index is 0.0930. The summed E-state index contributed by atoms with van der Waals surface area (Å²) in [6.45, 7) is 2.99. The second-order valence-electron chi connectivity index (χ2n) is 7.17. The molecular formula is C24H23N3O6. The molecule has 0 aromatic heterocycles. The molecular weight excluding hydrogens is 426 g/mol. The van der Waals surface area contributed by atoms with Crippen molar-refractivity contribution >= 4 is 28.9 Å². The van der Waals surface area contributed by atoms with Gasteiger partial charge in [-0.25, -0.2) is 0 Å². The van der Waals surface area contributed by atoms with E-state index < -0.39 is 16.9 Å². The number of rotatable bonds is 8. The van der Waals surface area contributed by atoms with Gasteiger partial charge < -0.3 is 20.1 Å². The molecule has 3 aromatic rings. The van der Waals surface area contributed by atoms with E-state index in [-0.39, 0.29) is 11.6 Å². The van der Waals surface area contributed by atoms with Crippen LogP contribution in [0.5, 0.6) is 11.5 Å². The minimum Gasteiger partial charge on any atom is -0.497 e. The first kappa shape index (κ1) is 23.3. The molecule has 3 aromatic carbocycles. The van der Waals surface area contributed by atoms with E-state index in [0.29, 0.717) is 34.0 Å². The van der Waals surface area contributed by atoms with Crippen LogP contribution in [0.2, 0.25) is 0 Å². The highest BCUT2D eigenvalue weighted by molar-refractivity contribution is 5.95. The van der Waals surface area contributed by atoms with Gasteiger partial charge in [-0.3, -0.25) is 19.7 Å². The van der Waals surface area contributed by atoms with Gasteiger partial charge in [-0.05, 0) is 55.0 Å². The number of carbonyl (C=O) groups is 2. The smallest absolute Gasteiger partial charge is 0.270 e. The zero-order valence-corrected chi connectivity index (χ0v) is 18.3.